The zero-order chi connectivity index (χ0) is 25.3. The summed E-state index contributed by atoms with van der Waals surface area (Å²) in [6.07, 6.45) is 0. The predicted octanol–water partition coefficient (Wildman–Crippen LogP) is 5.75. The van der Waals surface area contributed by atoms with Crippen LogP contribution in [-0.2, 0) is 14.8 Å². The minimum absolute atomic E-state index is 0.0480. The molecule has 1 amide bonds. The molecule has 0 aliphatic carbocycles. The molecule has 0 spiro atoms. The number of fused-ring (bicyclic) bond motifs is 1. The van der Waals surface area contributed by atoms with E-state index in [1.165, 1.54) is 42.5 Å². The number of carbonyl (C=O) groups excluding carboxylic acids is 2. The number of rotatable bonds is 6. The third kappa shape index (κ3) is 4.65. The van der Waals surface area contributed by atoms with Gasteiger partial charge in [-0.15, -0.1) is 0 Å². The van der Waals surface area contributed by atoms with Gasteiger partial charge in [-0.05, 0) is 80.6 Å². The number of carbonyl (C=O) groups is 2. The monoisotopic (exact) mass is 515 g/mol. The number of aryl methyl sites for hydroxylation is 1. The number of halogens is 2. The summed E-state index contributed by atoms with van der Waals surface area (Å²) >= 11 is 5.92. The topological polar surface area (TPSA) is 93.9 Å². The number of esters is 1. The van der Waals surface area contributed by atoms with E-state index in [2.05, 4.69) is 0 Å². The maximum absolute atomic E-state index is 13.6. The molecule has 0 saturated heterocycles. The van der Waals surface area contributed by atoms with E-state index < -0.39 is 27.7 Å². The van der Waals surface area contributed by atoms with Gasteiger partial charge >= 0.3 is 5.97 Å². The van der Waals surface area contributed by atoms with Crippen molar-refractivity contribution in [3.63, 3.8) is 0 Å². The van der Waals surface area contributed by atoms with Crippen LogP contribution in [0.15, 0.2) is 76.0 Å². The molecule has 0 unspecified atom stereocenters. The smallest absolute Gasteiger partial charge is 0.342 e. The van der Waals surface area contributed by atoms with Crippen molar-refractivity contribution in [2.24, 2.45) is 0 Å². The predicted molar refractivity (Wildman–Crippen MR) is 129 cm³/mol. The summed E-state index contributed by atoms with van der Waals surface area (Å²) < 4.78 is 52.1. The fourth-order valence-corrected chi connectivity index (χ4v) is 5.11. The molecule has 4 aromatic rings. The van der Waals surface area contributed by atoms with Crippen molar-refractivity contribution in [1.29, 1.82) is 0 Å². The van der Waals surface area contributed by atoms with Gasteiger partial charge in [0.1, 0.15) is 22.7 Å². The number of anilines is 1. The van der Waals surface area contributed by atoms with Crippen molar-refractivity contribution in [2.45, 2.75) is 18.7 Å². The van der Waals surface area contributed by atoms with Gasteiger partial charge in [-0.2, -0.15) is 4.31 Å². The van der Waals surface area contributed by atoms with E-state index in [0.29, 0.717) is 14.9 Å². The molecule has 0 fully saturated rings. The minimum atomic E-state index is -4.50. The maximum atomic E-state index is 13.6. The van der Waals surface area contributed by atoms with Gasteiger partial charge in [0.25, 0.3) is 15.9 Å². The molecule has 1 aromatic heterocycles. The Labute approximate surface area is 205 Å². The van der Waals surface area contributed by atoms with Crippen molar-refractivity contribution in [3.05, 3.63) is 94.5 Å². The number of ether oxygens (including phenoxy) is 1. The summed E-state index contributed by atoms with van der Waals surface area (Å²) in [5, 5.41) is 0.644. The van der Waals surface area contributed by atoms with Crippen LogP contribution in [0.2, 0.25) is 5.02 Å². The van der Waals surface area contributed by atoms with Crippen LogP contribution in [0.3, 0.4) is 0 Å². The lowest BCUT2D eigenvalue weighted by Crippen LogP contribution is -2.37. The van der Waals surface area contributed by atoms with E-state index >= 15 is 0 Å². The van der Waals surface area contributed by atoms with Gasteiger partial charge in [-0.1, -0.05) is 11.6 Å². The highest BCUT2D eigenvalue weighted by Gasteiger charge is 2.33. The normalized spacial score (nSPS) is 11.4. The zero-order valence-electron chi connectivity index (χ0n) is 18.6. The molecule has 1 heterocycles. The van der Waals surface area contributed by atoms with Gasteiger partial charge in [0.15, 0.2) is 0 Å². The van der Waals surface area contributed by atoms with E-state index in [1.807, 2.05) is 0 Å². The largest absolute Gasteiger partial charge is 0.462 e. The maximum Gasteiger partial charge on any atom is 0.342 e. The first kappa shape index (κ1) is 24.4. The fourth-order valence-electron chi connectivity index (χ4n) is 3.58. The molecule has 4 rings (SSSR count). The lowest BCUT2D eigenvalue weighted by molar-refractivity contribution is 0.0526. The molecule has 10 heteroatoms. The summed E-state index contributed by atoms with van der Waals surface area (Å²) in [4.78, 5) is 25.8. The third-order valence-electron chi connectivity index (χ3n) is 5.19. The Kier molecular flexibility index (Phi) is 6.64. The number of benzene rings is 3. The molecule has 0 aliphatic rings. The average Bonchev–Trinajstić information content (AvgIpc) is 3.15. The average molecular weight is 516 g/mol. The second kappa shape index (κ2) is 9.52. The minimum Gasteiger partial charge on any atom is -0.462 e. The number of amides is 1. The highest BCUT2D eigenvalue weighted by molar-refractivity contribution is 7.93. The molecule has 0 atom stereocenters. The molecule has 0 aliphatic heterocycles. The van der Waals surface area contributed by atoms with E-state index in [4.69, 9.17) is 20.8 Å². The fraction of sp³-hybridized carbons (Fsp3) is 0.120. The number of sulfonamides is 1. The molecule has 0 bridgehead atoms. The van der Waals surface area contributed by atoms with Crippen LogP contribution in [0.5, 0.6) is 0 Å². The van der Waals surface area contributed by atoms with E-state index in [0.717, 1.165) is 24.3 Å². The highest BCUT2D eigenvalue weighted by atomic mass is 35.5. The van der Waals surface area contributed by atoms with Crippen LogP contribution < -0.4 is 4.31 Å². The molecule has 7 nitrogen and oxygen atoms in total. The van der Waals surface area contributed by atoms with Crippen LogP contribution >= 0.6 is 11.6 Å². The standard InChI is InChI=1S/C25H19ClFNO6S/c1-3-33-25(30)23-15(2)34-22-13-10-19(14-21(22)23)28(24(29)16-4-6-17(26)7-5-16)35(31,32)20-11-8-18(27)9-12-20/h4-14H,3H2,1-2H3. The first-order chi connectivity index (χ1) is 16.6. The van der Waals surface area contributed by atoms with Gasteiger partial charge < -0.3 is 9.15 Å². The Morgan fingerprint density at radius 3 is 2.31 bits per heavy atom. The van der Waals surface area contributed by atoms with Crippen LogP contribution in [0.25, 0.3) is 11.0 Å². The molecular weight excluding hydrogens is 497 g/mol. The number of nitrogens with zero attached hydrogens (tertiary/aromatic N) is 1. The molecule has 0 radical (unpaired) electrons. The van der Waals surface area contributed by atoms with Crippen molar-refractivity contribution in [2.75, 3.05) is 10.9 Å². The lowest BCUT2D eigenvalue weighted by Gasteiger charge is -2.23. The van der Waals surface area contributed by atoms with Gasteiger partial charge in [0, 0.05) is 16.0 Å². The van der Waals surface area contributed by atoms with Crippen molar-refractivity contribution in [1.82, 2.24) is 0 Å². The summed E-state index contributed by atoms with van der Waals surface area (Å²) in [6.45, 7) is 3.37. The zero-order valence-corrected chi connectivity index (χ0v) is 20.2. The quantitative estimate of drug-likeness (QED) is 0.304. The van der Waals surface area contributed by atoms with Crippen LogP contribution in [-0.4, -0.2) is 26.9 Å². The van der Waals surface area contributed by atoms with Crippen LogP contribution in [0.4, 0.5) is 10.1 Å². The SMILES string of the molecule is CCOC(=O)c1c(C)oc2ccc(N(C(=O)c3ccc(Cl)cc3)S(=O)(=O)c3ccc(F)cc3)cc12. The molecular formula is C25H19ClFNO6S. The van der Waals surface area contributed by atoms with Crippen molar-refractivity contribution >= 4 is 50.2 Å². The van der Waals surface area contributed by atoms with E-state index in [1.54, 1.807) is 13.8 Å². The Morgan fingerprint density at radius 2 is 1.69 bits per heavy atom. The van der Waals surface area contributed by atoms with Crippen molar-refractivity contribution in [3.8, 4) is 0 Å². The second-order valence-corrected chi connectivity index (χ2v) is 9.69. The summed E-state index contributed by atoms with van der Waals surface area (Å²) in [7, 11) is -4.50. The lowest BCUT2D eigenvalue weighted by atomic mass is 10.1. The highest BCUT2D eigenvalue weighted by Crippen LogP contribution is 2.33. The first-order valence-corrected chi connectivity index (χ1v) is 12.3. The summed E-state index contributed by atoms with van der Waals surface area (Å²) in [5.74, 6) is -1.86. The number of furan rings is 1. The van der Waals surface area contributed by atoms with E-state index in [9.17, 15) is 22.4 Å². The van der Waals surface area contributed by atoms with E-state index in [-0.39, 0.29) is 39.5 Å². The first-order valence-electron chi connectivity index (χ1n) is 10.4. The molecule has 0 N–H and O–H groups in total. The number of hydrogen-bond acceptors (Lipinski definition) is 6. The van der Waals surface area contributed by atoms with Gasteiger partial charge in [0.2, 0.25) is 0 Å². The Hall–Kier alpha value is -3.69. The Morgan fingerprint density at radius 1 is 1.03 bits per heavy atom. The van der Waals surface area contributed by atoms with Crippen LogP contribution in [0, 0.1) is 12.7 Å². The van der Waals surface area contributed by atoms with Crippen LogP contribution in [0.1, 0.15) is 33.4 Å². The Balaban J connectivity index is 1.93. The molecule has 35 heavy (non-hydrogen) atoms. The Bertz CT molecular complexity index is 1530. The second-order valence-electron chi connectivity index (χ2n) is 7.47. The molecule has 180 valence electrons. The summed E-state index contributed by atoms with van der Waals surface area (Å²) in [6, 6.07) is 14.0. The van der Waals surface area contributed by atoms with Crippen molar-refractivity contribution < 1.29 is 31.6 Å². The van der Waals surface area contributed by atoms with Gasteiger partial charge in [-0.25, -0.2) is 17.6 Å². The molecule has 3 aromatic carbocycles. The summed E-state index contributed by atoms with van der Waals surface area (Å²) in [5.41, 5.74) is 0.441. The van der Waals surface area contributed by atoms with Gasteiger partial charge in [-0.3, -0.25) is 4.79 Å². The van der Waals surface area contributed by atoms with Gasteiger partial charge in [0.05, 0.1) is 17.2 Å². The number of hydrogen-bond donors (Lipinski definition) is 0. The third-order valence-corrected chi connectivity index (χ3v) is 7.17. The molecule has 0 saturated carbocycles.